The van der Waals surface area contributed by atoms with E-state index in [2.05, 4.69) is 15.6 Å². The fourth-order valence-corrected chi connectivity index (χ4v) is 2.47. The number of rotatable bonds is 6. The van der Waals surface area contributed by atoms with Crippen LogP contribution in [-0.4, -0.2) is 25.9 Å². The highest BCUT2D eigenvalue weighted by Crippen LogP contribution is 2.11. The molecule has 0 aliphatic carbocycles. The van der Waals surface area contributed by atoms with Gasteiger partial charge in [-0.1, -0.05) is 12.1 Å². The maximum atomic E-state index is 11.2. The second-order valence-corrected chi connectivity index (χ2v) is 6.54. The van der Waals surface area contributed by atoms with Crippen molar-refractivity contribution >= 4 is 27.4 Å². The molecule has 0 aliphatic heterocycles. The zero-order chi connectivity index (χ0) is 16.9. The molecule has 1 aromatic heterocycles. The van der Waals surface area contributed by atoms with Gasteiger partial charge in [0.2, 0.25) is 15.9 Å². The minimum atomic E-state index is -3.65. The van der Waals surface area contributed by atoms with E-state index in [1.165, 1.54) is 19.1 Å². The quantitative estimate of drug-likeness (QED) is 0.737. The Hall–Kier alpha value is -2.45. The number of hydrogen-bond donors (Lipinski definition) is 3. The zero-order valence-corrected chi connectivity index (χ0v) is 13.4. The van der Waals surface area contributed by atoms with Gasteiger partial charge in [0.1, 0.15) is 5.82 Å². The molecule has 0 radical (unpaired) electrons. The number of amides is 1. The number of carbonyl (C=O) groups is 1. The number of aromatic nitrogens is 1. The first-order valence-electron chi connectivity index (χ1n) is 6.94. The smallest absolute Gasteiger partial charge is 0.238 e. The van der Waals surface area contributed by atoms with Crippen LogP contribution in [0.1, 0.15) is 12.5 Å². The Balaban J connectivity index is 1.86. The number of benzene rings is 1. The van der Waals surface area contributed by atoms with Gasteiger partial charge in [-0.25, -0.2) is 18.5 Å². The lowest BCUT2D eigenvalue weighted by atomic mass is 10.1. The Morgan fingerprint density at radius 2 is 1.87 bits per heavy atom. The second-order valence-electron chi connectivity index (χ2n) is 4.98. The van der Waals surface area contributed by atoms with Gasteiger partial charge in [-0.05, 0) is 36.2 Å². The highest BCUT2D eigenvalue weighted by Gasteiger charge is 2.06. The average Bonchev–Trinajstić information content (AvgIpc) is 2.48. The second kappa shape index (κ2) is 7.21. The van der Waals surface area contributed by atoms with Crippen molar-refractivity contribution in [2.45, 2.75) is 18.2 Å². The number of carbonyl (C=O) groups excluding carboxylic acids is 1. The van der Waals surface area contributed by atoms with Crippen molar-refractivity contribution in [1.82, 2.24) is 4.98 Å². The van der Waals surface area contributed by atoms with Crippen LogP contribution in [0.2, 0.25) is 0 Å². The van der Waals surface area contributed by atoms with Gasteiger partial charge in [0.15, 0.2) is 0 Å². The SMILES string of the molecule is CC(=O)Nc1ccc(NCCc2ccc(S(N)(=O)=O)cc2)nc1. The van der Waals surface area contributed by atoms with Crippen LogP contribution in [-0.2, 0) is 21.2 Å². The van der Waals surface area contributed by atoms with E-state index < -0.39 is 10.0 Å². The minimum Gasteiger partial charge on any atom is -0.370 e. The Kier molecular flexibility index (Phi) is 5.30. The van der Waals surface area contributed by atoms with Crippen LogP contribution in [0.25, 0.3) is 0 Å². The molecular weight excluding hydrogens is 316 g/mol. The Bertz CT molecular complexity index is 771. The van der Waals surface area contributed by atoms with Gasteiger partial charge in [0.05, 0.1) is 16.8 Å². The summed E-state index contributed by atoms with van der Waals surface area (Å²) >= 11 is 0. The Labute approximate surface area is 135 Å². The molecule has 1 aromatic carbocycles. The highest BCUT2D eigenvalue weighted by atomic mass is 32.2. The molecule has 0 bridgehead atoms. The Morgan fingerprint density at radius 3 is 2.39 bits per heavy atom. The summed E-state index contributed by atoms with van der Waals surface area (Å²) in [5, 5.41) is 10.8. The molecule has 0 fully saturated rings. The van der Waals surface area contributed by atoms with Crippen molar-refractivity contribution in [1.29, 1.82) is 0 Å². The van der Waals surface area contributed by atoms with E-state index in [4.69, 9.17) is 5.14 Å². The topological polar surface area (TPSA) is 114 Å². The number of sulfonamides is 1. The lowest BCUT2D eigenvalue weighted by Gasteiger charge is -2.07. The molecule has 8 heteroatoms. The number of pyridine rings is 1. The minimum absolute atomic E-state index is 0.101. The van der Waals surface area contributed by atoms with Crippen LogP contribution in [0.3, 0.4) is 0 Å². The largest absolute Gasteiger partial charge is 0.370 e. The Morgan fingerprint density at radius 1 is 1.17 bits per heavy atom. The molecule has 122 valence electrons. The molecular formula is C15H18N4O3S. The summed E-state index contributed by atoms with van der Waals surface area (Å²) in [6.45, 7) is 2.08. The molecule has 0 aliphatic rings. The predicted octanol–water partition coefficient (Wildman–Crippen LogP) is 1.34. The molecule has 23 heavy (non-hydrogen) atoms. The van der Waals surface area contributed by atoms with Gasteiger partial charge < -0.3 is 10.6 Å². The molecule has 0 unspecified atom stereocenters. The van der Waals surface area contributed by atoms with Gasteiger partial charge in [-0.3, -0.25) is 4.79 Å². The van der Waals surface area contributed by atoms with Crippen molar-refractivity contribution in [2.75, 3.05) is 17.2 Å². The highest BCUT2D eigenvalue weighted by molar-refractivity contribution is 7.89. The number of hydrogen-bond acceptors (Lipinski definition) is 5. The number of nitrogens with zero attached hydrogens (tertiary/aromatic N) is 1. The number of nitrogens with one attached hydrogen (secondary N) is 2. The van der Waals surface area contributed by atoms with Crippen LogP contribution in [0, 0.1) is 0 Å². The molecule has 1 heterocycles. The summed E-state index contributed by atoms with van der Waals surface area (Å²) < 4.78 is 22.3. The van der Waals surface area contributed by atoms with Crippen LogP contribution in [0.15, 0.2) is 47.5 Å². The van der Waals surface area contributed by atoms with E-state index in [0.29, 0.717) is 24.5 Å². The van der Waals surface area contributed by atoms with Gasteiger partial charge in [-0.15, -0.1) is 0 Å². The number of nitrogens with two attached hydrogens (primary N) is 1. The summed E-state index contributed by atoms with van der Waals surface area (Å²) in [5.41, 5.74) is 1.63. The number of primary sulfonamides is 1. The summed E-state index contributed by atoms with van der Waals surface area (Å²) in [7, 11) is -3.65. The average molecular weight is 334 g/mol. The molecule has 0 saturated carbocycles. The van der Waals surface area contributed by atoms with E-state index >= 15 is 0 Å². The summed E-state index contributed by atoms with van der Waals surface area (Å²) in [6.07, 6.45) is 2.28. The molecule has 2 aromatic rings. The first-order valence-corrected chi connectivity index (χ1v) is 8.48. The first-order chi connectivity index (χ1) is 10.8. The van der Waals surface area contributed by atoms with E-state index in [0.717, 1.165) is 5.56 Å². The van der Waals surface area contributed by atoms with Gasteiger partial charge in [0, 0.05) is 13.5 Å². The van der Waals surface area contributed by atoms with Gasteiger partial charge in [0.25, 0.3) is 0 Å². The molecule has 4 N–H and O–H groups in total. The third-order valence-corrected chi connectivity index (χ3v) is 3.98. The summed E-state index contributed by atoms with van der Waals surface area (Å²) in [5.74, 6) is 0.552. The van der Waals surface area contributed by atoms with E-state index in [1.54, 1.807) is 30.5 Å². The molecule has 7 nitrogen and oxygen atoms in total. The van der Waals surface area contributed by atoms with Crippen molar-refractivity contribution < 1.29 is 13.2 Å². The first kappa shape index (κ1) is 16.9. The predicted molar refractivity (Wildman–Crippen MR) is 88.5 cm³/mol. The monoisotopic (exact) mass is 334 g/mol. The van der Waals surface area contributed by atoms with Crippen LogP contribution in [0.5, 0.6) is 0 Å². The van der Waals surface area contributed by atoms with E-state index in [1.807, 2.05) is 0 Å². The van der Waals surface area contributed by atoms with Crippen molar-refractivity contribution in [3.8, 4) is 0 Å². The maximum Gasteiger partial charge on any atom is 0.238 e. The van der Waals surface area contributed by atoms with E-state index in [-0.39, 0.29) is 10.8 Å². The molecule has 0 atom stereocenters. The summed E-state index contributed by atoms with van der Waals surface area (Å²) in [6, 6.07) is 9.98. The van der Waals surface area contributed by atoms with Crippen molar-refractivity contribution in [2.24, 2.45) is 5.14 Å². The van der Waals surface area contributed by atoms with Crippen LogP contribution in [0.4, 0.5) is 11.5 Å². The van der Waals surface area contributed by atoms with Crippen molar-refractivity contribution in [3.63, 3.8) is 0 Å². The lowest BCUT2D eigenvalue weighted by molar-refractivity contribution is -0.114. The van der Waals surface area contributed by atoms with E-state index in [9.17, 15) is 13.2 Å². The zero-order valence-electron chi connectivity index (χ0n) is 12.6. The number of anilines is 2. The lowest BCUT2D eigenvalue weighted by Crippen LogP contribution is -2.12. The third-order valence-electron chi connectivity index (χ3n) is 3.06. The maximum absolute atomic E-state index is 11.2. The van der Waals surface area contributed by atoms with Crippen LogP contribution < -0.4 is 15.8 Å². The molecule has 2 rings (SSSR count). The normalized spacial score (nSPS) is 11.0. The van der Waals surface area contributed by atoms with Crippen LogP contribution >= 0.6 is 0 Å². The third kappa shape index (κ3) is 5.35. The standard InChI is InChI=1S/C15H18N4O3S/c1-11(20)19-13-4-7-15(18-10-13)17-9-8-12-2-5-14(6-3-12)23(16,21)22/h2-7,10H,8-9H2,1H3,(H,17,18)(H,19,20)(H2,16,21,22). The van der Waals surface area contributed by atoms with Crippen molar-refractivity contribution in [3.05, 3.63) is 48.2 Å². The molecule has 0 saturated heterocycles. The fourth-order valence-electron chi connectivity index (χ4n) is 1.96. The summed E-state index contributed by atoms with van der Waals surface area (Å²) in [4.78, 5) is 15.2. The molecule has 1 amide bonds. The van der Waals surface area contributed by atoms with Gasteiger partial charge >= 0.3 is 0 Å². The van der Waals surface area contributed by atoms with Gasteiger partial charge in [-0.2, -0.15) is 0 Å². The fraction of sp³-hybridized carbons (Fsp3) is 0.200. The molecule has 0 spiro atoms.